The molecule has 3 aromatic rings. The Kier molecular flexibility index (Phi) is 6.17. The van der Waals surface area contributed by atoms with Gasteiger partial charge < -0.3 is 24.7 Å². The van der Waals surface area contributed by atoms with Gasteiger partial charge in [0.25, 0.3) is 0 Å². The Morgan fingerprint density at radius 3 is 2.81 bits per heavy atom. The van der Waals surface area contributed by atoms with E-state index in [4.69, 9.17) is 9.47 Å². The number of hydrogen-bond donors (Lipinski definition) is 3. The molecule has 4 rings (SSSR count). The first-order valence-electron chi connectivity index (χ1n) is 10.3. The molecule has 0 aliphatic heterocycles. The third kappa shape index (κ3) is 5.02. The van der Waals surface area contributed by atoms with Gasteiger partial charge in [-0.1, -0.05) is 0 Å². The molecule has 0 atom stereocenters. The van der Waals surface area contributed by atoms with Gasteiger partial charge in [0.1, 0.15) is 29.5 Å². The van der Waals surface area contributed by atoms with E-state index in [-0.39, 0.29) is 12.1 Å². The van der Waals surface area contributed by atoms with Crippen LogP contribution in [0.2, 0.25) is 0 Å². The third-order valence-corrected chi connectivity index (χ3v) is 4.89. The van der Waals surface area contributed by atoms with E-state index < -0.39 is 0 Å². The number of ether oxygens (including phenoxy) is 2. The number of pyridine rings is 1. The largest absolute Gasteiger partial charge is 0.480 e. The summed E-state index contributed by atoms with van der Waals surface area (Å²) >= 11 is 0. The fourth-order valence-electron chi connectivity index (χ4n) is 3.21. The van der Waals surface area contributed by atoms with Crippen LogP contribution in [0.25, 0.3) is 22.2 Å². The number of aromatic amines is 1. The monoisotopic (exact) mass is 425 g/mol. The Hall–Kier alpha value is -3.40. The smallest absolute Gasteiger partial charge is 0.320 e. The fraction of sp³-hybridized carbons (Fsp3) is 0.429. The fourth-order valence-corrected chi connectivity index (χ4v) is 3.21. The van der Waals surface area contributed by atoms with Crippen LogP contribution < -0.4 is 20.1 Å². The molecule has 0 unspecified atom stereocenters. The van der Waals surface area contributed by atoms with Crippen molar-refractivity contribution in [3.63, 3.8) is 0 Å². The van der Waals surface area contributed by atoms with Gasteiger partial charge in [0.05, 0.1) is 7.11 Å². The van der Waals surface area contributed by atoms with E-state index in [0.29, 0.717) is 35.3 Å². The molecule has 1 saturated carbocycles. The number of fused-ring (bicyclic) bond motifs is 1. The van der Waals surface area contributed by atoms with Crippen molar-refractivity contribution in [1.82, 2.24) is 30.2 Å². The van der Waals surface area contributed by atoms with Crippen LogP contribution in [0.4, 0.5) is 10.6 Å². The van der Waals surface area contributed by atoms with Gasteiger partial charge in [-0.3, -0.25) is 5.32 Å². The molecular formula is C21H27N7O3. The van der Waals surface area contributed by atoms with Crippen LogP contribution >= 0.6 is 0 Å². The molecule has 3 aromatic heterocycles. The molecule has 3 N–H and O–H groups in total. The number of aromatic nitrogens is 4. The lowest BCUT2D eigenvalue weighted by molar-refractivity contribution is 0.251. The molecule has 1 aliphatic rings. The van der Waals surface area contributed by atoms with E-state index in [9.17, 15) is 4.79 Å². The zero-order chi connectivity index (χ0) is 21.8. The molecule has 0 aromatic carbocycles. The van der Waals surface area contributed by atoms with Gasteiger partial charge in [-0.2, -0.15) is 0 Å². The number of carbonyl (C=O) groups excluding carboxylic acids is 1. The second-order valence-electron chi connectivity index (χ2n) is 7.71. The van der Waals surface area contributed by atoms with Gasteiger partial charge in [0, 0.05) is 23.7 Å². The maximum absolute atomic E-state index is 12.1. The maximum atomic E-state index is 12.1. The zero-order valence-electron chi connectivity index (χ0n) is 17.9. The van der Waals surface area contributed by atoms with E-state index in [1.165, 1.54) is 6.33 Å². The Bertz CT molecular complexity index is 1060. The summed E-state index contributed by atoms with van der Waals surface area (Å²) in [5, 5.41) is 6.46. The first kappa shape index (κ1) is 20.9. The Morgan fingerprint density at radius 1 is 1.26 bits per heavy atom. The van der Waals surface area contributed by atoms with Crippen molar-refractivity contribution < 1.29 is 14.3 Å². The van der Waals surface area contributed by atoms with Crippen molar-refractivity contribution in [2.24, 2.45) is 0 Å². The van der Waals surface area contributed by atoms with Crippen LogP contribution in [-0.4, -0.2) is 71.3 Å². The zero-order valence-corrected chi connectivity index (χ0v) is 17.9. The van der Waals surface area contributed by atoms with Crippen molar-refractivity contribution >= 4 is 22.9 Å². The lowest BCUT2D eigenvalue weighted by Gasteiger charge is -2.12. The first-order chi connectivity index (χ1) is 15.0. The number of nitrogens with one attached hydrogen (secondary N) is 3. The molecule has 1 aliphatic carbocycles. The van der Waals surface area contributed by atoms with Gasteiger partial charge in [-0.15, -0.1) is 0 Å². The minimum absolute atomic E-state index is 0.189. The van der Waals surface area contributed by atoms with Crippen molar-refractivity contribution in [3.8, 4) is 22.9 Å². The highest BCUT2D eigenvalue weighted by Gasteiger charge is 2.28. The SMILES string of the molecule is COc1ncnc(OC2CC2)c1-c1c[nH]c2nc(NC(=O)NCCCN(C)C)ccc12. The summed E-state index contributed by atoms with van der Waals surface area (Å²) < 4.78 is 11.4. The predicted molar refractivity (Wildman–Crippen MR) is 118 cm³/mol. The highest BCUT2D eigenvalue weighted by Crippen LogP contribution is 2.41. The number of H-pyrrole nitrogens is 1. The first-order valence-corrected chi connectivity index (χ1v) is 10.3. The summed E-state index contributed by atoms with van der Waals surface area (Å²) in [6, 6.07) is 3.37. The molecule has 3 heterocycles. The quantitative estimate of drug-likeness (QED) is 0.451. The van der Waals surface area contributed by atoms with Gasteiger partial charge in [0.15, 0.2) is 0 Å². The number of hydrogen-bond acceptors (Lipinski definition) is 7. The van der Waals surface area contributed by atoms with Crippen molar-refractivity contribution in [3.05, 3.63) is 24.7 Å². The topological polar surface area (TPSA) is 117 Å². The van der Waals surface area contributed by atoms with E-state index >= 15 is 0 Å². The highest BCUT2D eigenvalue weighted by atomic mass is 16.5. The summed E-state index contributed by atoms with van der Waals surface area (Å²) in [6.45, 7) is 1.51. The van der Waals surface area contributed by atoms with Crippen molar-refractivity contribution in [1.29, 1.82) is 0 Å². The molecule has 10 nitrogen and oxygen atoms in total. The van der Waals surface area contributed by atoms with E-state index in [2.05, 4.69) is 35.5 Å². The second kappa shape index (κ2) is 9.17. The van der Waals surface area contributed by atoms with E-state index in [1.54, 1.807) is 13.2 Å². The number of rotatable bonds is 9. The third-order valence-electron chi connectivity index (χ3n) is 4.89. The van der Waals surface area contributed by atoms with Crippen LogP contribution in [0.3, 0.4) is 0 Å². The van der Waals surface area contributed by atoms with E-state index in [0.717, 1.165) is 36.8 Å². The molecule has 164 valence electrons. The number of methoxy groups -OCH3 is 1. The number of anilines is 1. The Morgan fingerprint density at radius 2 is 2.06 bits per heavy atom. The van der Waals surface area contributed by atoms with Crippen molar-refractivity contribution in [2.75, 3.05) is 39.6 Å². The molecular weight excluding hydrogens is 398 g/mol. The summed E-state index contributed by atoms with van der Waals surface area (Å²) in [6.07, 6.45) is 6.37. The van der Waals surface area contributed by atoms with Gasteiger partial charge in [-0.25, -0.2) is 19.7 Å². The average Bonchev–Trinajstić information content (AvgIpc) is 3.47. The lowest BCUT2D eigenvalue weighted by Crippen LogP contribution is -2.31. The molecule has 10 heteroatoms. The van der Waals surface area contributed by atoms with Gasteiger partial charge in [-0.05, 0) is 52.0 Å². The van der Waals surface area contributed by atoms with Crippen LogP contribution in [-0.2, 0) is 0 Å². The molecule has 2 amide bonds. The molecule has 0 radical (unpaired) electrons. The van der Waals surface area contributed by atoms with Gasteiger partial charge >= 0.3 is 6.03 Å². The molecule has 0 saturated heterocycles. The number of carbonyl (C=O) groups is 1. The highest BCUT2D eigenvalue weighted by molar-refractivity contribution is 5.98. The number of urea groups is 1. The van der Waals surface area contributed by atoms with Crippen LogP contribution in [0.1, 0.15) is 19.3 Å². The predicted octanol–water partition coefficient (Wildman–Crippen LogP) is 2.64. The van der Waals surface area contributed by atoms with Crippen LogP contribution in [0.5, 0.6) is 11.8 Å². The van der Waals surface area contributed by atoms with Crippen LogP contribution in [0.15, 0.2) is 24.7 Å². The van der Waals surface area contributed by atoms with Crippen LogP contribution in [0, 0.1) is 0 Å². The summed E-state index contributed by atoms with van der Waals surface area (Å²) in [4.78, 5) is 30.4. The number of nitrogens with zero attached hydrogens (tertiary/aromatic N) is 4. The summed E-state index contributed by atoms with van der Waals surface area (Å²) in [5.41, 5.74) is 2.14. The van der Waals surface area contributed by atoms with Crippen molar-refractivity contribution in [2.45, 2.75) is 25.4 Å². The maximum Gasteiger partial charge on any atom is 0.320 e. The molecule has 1 fully saturated rings. The molecule has 0 spiro atoms. The number of amides is 2. The second-order valence-corrected chi connectivity index (χ2v) is 7.71. The van der Waals surface area contributed by atoms with Gasteiger partial charge in [0.2, 0.25) is 11.8 Å². The summed E-state index contributed by atoms with van der Waals surface area (Å²) in [5.74, 6) is 1.39. The lowest BCUT2D eigenvalue weighted by atomic mass is 10.1. The normalized spacial score (nSPS) is 13.4. The Balaban J connectivity index is 1.53. The average molecular weight is 425 g/mol. The standard InChI is InChI=1S/C21H27N7O3/c1-28(2)10-4-9-22-21(29)27-16-8-7-14-15(11-23-18(14)26-16)17-19(30-3)24-12-25-20(17)31-13-5-6-13/h7-8,11-13H,4-6,9-10H2,1-3H3,(H3,22,23,26,27,29). The molecule has 31 heavy (non-hydrogen) atoms. The molecule has 0 bridgehead atoms. The Labute approximate surface area is 180 Å². The van der Waals surface area contributed by atoms with E-state index in [1.807, 2.05) is 26.4 Å². The minimum atomic E-state index is -0.282. The summed E-state index contributed by atoms with van der Waals surface area (Å²) in [7, 11) is 5.57. The minimum Gasteiger partial charge on any atom is -0.480 e.